The molecule has 122 valence electrons. The molecule has 1 aromatic rings. The standard InChI is InChI=1S/C13H18N2O6S/c1-5-21-13(16)10(3)14(22(4,19)20)12-8-11(15(17)18)7-6-9(12)2/h6-8,10H,5H2,1-4H3. The van der Waals surface area contributed by atoms with Crippen LogP contribution in [-0.2, 0) is 19.6 Å². The number of benzene rings is 1. The first-order valence-electron chi connectivity index (χ1n) is 6.50. The number of rotatable bonds is 6. The Balaban J connectivity index is 3.44. The van der Waals surface area contributed by atoms with Crippen molar-refractivity contribution < 1.29 is 22.9 Å². The van der Waals surface area contributed by atoms with Gasteiger partial charge in [-0.2, -0.15) is 0 Å². The number of ether oxygens (including phenoxy) is 1. The summed E-state index contributed by atoms with van der Waals surface area (Å²) >= 11 is 0. The summed E-state index contributed by atoms with van der Waals surface area (Å²) in [6.07, 6.45) is 0.932. The van der Waals surface area contributed by atoms with Crippen LogP contribution >= 0.6 is 0 Å². The van der Waals surface area contributed by atoms with Gasteiger partial charge < -0.3 is 4.74 Å². The van der Waals surface area contributed by atoms with Gasteiger partial charge in [-0.1, -0.05) is 6.07 Å². The maximum absolute atomic E-state index is 12.1. The summed E-state index contributed by atoms with van der Waals surface area (Å²) in [5.41, 5.74) is 0.315. The Labute approximate surface area is 128 Å². The van der Waals surface area contributed by atoms with Gasteiger partial charge >= 0.3 is 5.97 Å². The highest BCUT2D eigenvalue weighted by molar-refractivity contribution is 7.92. The van der Waals surface area contributed by atoms with Crippen LogP contribution in [0.15, 0.2) is 18.2 Å². The molecule has 0 fully saturated rings. The maximum atomic E-state index is 12.1. The lowest BCUT2D eigenvalue weighted by Gasteiger charge is -2.28. The van der Waals surface area contributed by atoms with Crippen LogP contribution < -0.4 is 4.31 Å². The fourth-order valence-electron chi connectivity index (χ4n) is 1.98. The summed E-state index contributed by atoms with van der Waals surface area (Å²) < 4.78 is 29.8. The molecule has 0 saturated carbocycles. The molecule has 0 radical (unpaired) electrons. The van der Waals surface area contributed by atoms with Crippen LogP contribution in [0.5, 0.6) is 0 Å². The number of nitro groups is 1. The predicted molar refractivity (Wildman–Crippen MR) is 81.3 cm³/mol. The number of carbonyl (C=O) groups is 1. The van der Waals surface area contributed by atoms with Crippen molar-refractivity contribution in [2.45, 2.75) is 26.8 Å². The fourth-order valence-corrected chi connectivity index (χ4v) is 3.20. The van der Waals surface area contributed by atoms with Crippen molar-refractivity contribution in [3.63, 3.8) is 0 Å². The molecule has 0 amide bonds. The topological polar surface area (TPSA) is 107 Å². The Kier molecular flexibility index (Phi) is 5.48. The lowest BCUT2D eigenvalue weighted by atomic mass is 10.1. The molecule has 1 rings (SSSR count). The van der Waals surface area contributed by atoms with Gasteiger partial charge in [0, 0.05) is 12.1 Å². The number of anilines is 1. The van der Waals surface area contributed by atoms with E-state index >= 15 is 0 Å². The van der Waals surface area contributed by atoms with Crippen LogP contribution in [0, 0.1) is 17.0 Å². The molecule has 0 aliphatic rings. The number of nitrogens with zero attached hydrogens (tertiary/aromatic N) is 2. The van der Waals surface area contributed by atoms with Crippen molar-refractivity contribution >= 4 is 27.4 Å². The van der Waals surface area contributed by atoms with Crippen LogP contribution in [0.2, 0.25) is 0 Å². The van der Waals surface area contributed by atoms with Gasteiger partial charge in [0.25, 0.3) is 5.69 Å². The second-order valence-corrected chi connectivity index (χ2v) is 6.57. The van der Waals surface area contributed by atoms with Gasteiger partial charge in [-0.25, -0.2) is 13.2 Å². The highest BCUT2D eigenvalue weighted by Gasteiger charge is 2.32. The molecule has 22 heavy (non-hydrogen) atoms. The van der Waals surface area contributed by atoms with Gasteiger partial charge in [-0.15, -0.1) is 0 Å². The molecule has 1 aromatic carbocycles. The Morgan fingerprint density at radius 1 is 1.45 bits per heavy atom. The van der Waals surface area contributed by atoms with Gasteiger partial charge in [-0.05, 0) is 26.3 Å². The quantitative estimate of drug-likeness (QED) is 0.445. The molecule has 0 aliphatic heterocycles. The Morgan fingerprint density at radius 3 is 2.50 bits per heavy atom. The van der Waals surface area contributed by atoms with E-state index in [0.29, 0.717) is 5.56 Å². The number of nitro benzene ring substituents is 1. The average Bonchev–Trinajstić information content (AvgIpc) is 2.39. The molecular weight excluding hydrogens is 312 g/mol. The van der Waals surface area contributed by atoms with Gasteiger partial charge in [0.15, 0.2) is 0 Å². The fraction of sp³-hybridized carbons (Fsp3) is 0.462. The minimum Gasteiger partial charge on any atom is -0.464 e. The number of aryl methyl sites for hydroxylation is 1. The van der Waals surface area contributed by atoms with Gasteiger partial charge in [0.2, 0.25) is 10.0 Å². The van der Waals surface area contributed by atoms with E-state index in [1.54, 1.807) is 13.8 Å². The highest BCUT2D eigenvalue weighted by atomic mass is 32.2. The zero-order valence-corrected chi connectivity index (χ0v) is 13.6. The zero-order chi connectivity index (χ0) is 17.1. The molecular formula is C13H18N2O6S. The number of hydrogen-bond donors (Lipinski definition) is 0. The van der Waals surface area contributed by atoms with Gasteiger partial charge in [-0.3, -0.25) is 14.4 Å². The molecule has 0 aliphatic carbocycles. The first-order valence-corrected chi connectivity index (χ1v) is 8.35. The zero-order valence-electron chi connectivity index (χ0n) is 12.8. The molecule has 1 unspecified atom stereocenters. The number of hydrogen-bond acceptors (Lipinski definition) is 6. The summed E-state index contributed by atoms with van der Waals surface area (Å²) in [6.45, 7) is 4.69. The summed E-state index contributed by atoms with van der Waals surface area (Å²) in [4.78, 5) is 22.1. The molecule has 9 heteroatoms. The smallest absolute Gasteiger partial charge is 0.329 e. The van der Waals surface area contributed by atoms with Crippen LogP contribution in [0.1, 0.15) is 19.4 Å². The largest absolute Gasteiger partial charge is 0.464 e. The number of sulfonamides is 1. The number of esters is 1. The second kappa shape index (κ2) is 6.73. The molecule has 0 bridgehead atoms. The van der Waals surface area contributed by atoms with Crippen molar-refractivity contribution in [3.8, 4) is 0 Å². The summed E-state index contributed by atoms with van der Waals surface area (Å²) in [5.74, 6) is -0.723. The van der Waals surface area contributed by atoms with E-state index in [1.807, 2.05) is 0 Å². The minimum absolute atomic E-state index is 0.0808. The van der Waals surface area contributed by atoms with E-state index in [2.05, 4.69) is 0 Å². The summed E-state index contributed by atoms with van der Waals surface area (Å²) in [7, 11) is -3.84. The lowest BCUT2D eigenvalue weighted by Crippen LogP contribution is -2.44. The van der Waals surface area contributed by atoms with E-state index < -0.39 is 27.0 Å². The SMILES string of the molecule is CCOC(=O)C(C)N(c1cc([N+](=O)[O-])ccc1C)S(C)(=O)=O. The Morgan fingerprint density at radius 2 is 2.05 bits per heavy atom. The number of carbonyl (C=O) groups excluding carboxylic acids is 1. The normalized spacial score (nSPS) is 12.5. The Hall–Kier alpha value is -2.16. The molecule has 1 atom stereocenters. The molecule has 0 N–H and O–H groups in total. The molecule has 0 saturated heterocycles. The van der Waals surface area contributed by atoms with Crippen LogP contribution in [-0.4, -0.2) is 38.2 Å². The van der Waals surface area contributed by atoms with Crippen LogP contribution in [0.25, 0.3) is 0 Å². The second-order valence-electron chi connectivity index (χ2n) is 4.71. The first kappa shape index (κ1) is 17.9. The van der Waals surface area contributed by atoms with Crippen LogP contribution in [0.3, 0.4) is 0 Å². The third-order valence-corrected chi connectivity index (χ3v) is 4.21. The summed E-state index contributed by atoms with van der Waals surface area (Å²) in [5, 5.41) is 10.9. The van der Waals surface area contributed by atoms with Crippen molar-refractivity contribution in [3.05, 3.63) is 33.9 Å². The Bertz CT molecular complexity index is 686. The van der Waals surface area contributed by atoms with E-state index in [9.17, 15) is 23.3 Å². The van der Waals surface area contributed by atoms with Crippen molar-refractivity contribution in [2.75, 3.05) is 17.2 Å². The van der Waals surface area contributed by atoms with E-state index in [-0.39, 0.29) is 18.0 Å². The van der Waals surface area contributed by atoms with Crippen LogP contribution in [0.4, 0.5) is 11.4 Å². The minimum atomic E-state index is -3.84. The molecule has 0 aromatic heterocycles. The molecule has 0 spiro atoms. The van der Waals surface area contributed by atoms with E-state index in [1.165, 1.54) is 19.1 Å². The predicted octanol–water partition coefficient (Wildman–Crippen LogP) is 1.62. The highest BCUT2D eigenvalue weighted by Crippen LogP contribution is 2.29. The van der Waals surface area contributed by atoms with E-state index in [0.717, 1.165) is 16.6 Å². The third-order valence-electron chi connectivity index (χ3n) is 2.98. The van der Waals surface area contributed by atoms with Gasteiger partial charge in [0.05, 0.1) is 23.5 Å². The van der Waals surface area contributed by atoms with Crippen molar-refractivity contribution in [2.24, 2.45) is 0 Å². The maximum Gasteiger partial charge on any atom is 0.329 e. The summed E-state index contributed by atoms with van der Waals surface area (Å²) in [6, 6.07) is 2.71. The molecule has 8 nitrogen and oxygen atoms in total. The lowest BCUT2D eigenvalue weighted by molar-refractivity contribution is -0.384. The average molecular weight is 330 g/mol. The van der Waals surface area contributed by atoms with E-state index in [4.69, 9.17) is 4.74 Å². The van der Waals surface area contributed by atoms with Crippen molar-refractivity contribution in [1.82, 2.24) is 0 Å². The van der Waals surface area contributed by atoms with Gasteiger partial charge in [0.1, 0.15) is 6.04 Å². The number of non-ortho nitro benzene ring substituents is 1. The monoisotopic (exact) mass is 330 g/mol. The third kappa shape index (κ3) is 3.94. The van der Waals surface area contributed by atoms with Crippen molar-refractivity contribution in [1.29, 1.82) is 0 Å². The molecule has 0 heterocycles. The first-order chi connectivity index (χ1) is 10.1.